The van der Waals surface area contributed by atoms with Gasteiger partial charge in [-0.3, -0.25) is 0 Å². The first kappa shape index (κ1) is 9.15. The Bertz CT molecular complexity index is 458. The summed E-state index contributed by atoms with van der Waals surface area (Å²) in [6.45, 7) is 2.63. The van der Waals surface area contributed by atoms with E-state index in [0.29, 0.717) is 6.54 Å². The molecule has 2 aromatic heterocycles. The Labute approximate surface area is 82.8 Å². The van der Waals surface area contributed by atoms with Crippen molar-refractivity contribution in [3.8, 4) is 0 Å². The van der Waals surface area contributed by atoms with Crippen molar-refractivity contribution < 1.29 is 0 Å². The lowest BCUT2D eigenvalue weighted by molar-refractivity contribution is 0.926. The molecule has 0 aliphatic carbocycles. The van der Waals surface area contributed by atoms with E-state index in [4.69, 9.17) is 5.73 Å². The predicted octanol–water partition coefficient (Wildman–Crippen LogP) is 0.989. The average molecular weight is 190 g/mol. The Balaban J connectivity index is 2.82. The molecule has 0 unspecified atom stereocenters. The van der Waals surface area contributed by atoms with Crippen LogP contribution in [-0.4, -0.2) is 14.5 Å². The van der Waals surface area contributed by atoms with E-state index in [2.05, 4.69) is 16.9 Å². The van der Waals surface area contributed by atoms with Crippen LogP contribution in [0.5, 0.6) is 0 Å². The van der Waals surface area contributed by atoms with Crippen molar-refractivity contribution in [3.63, 3.8) is 0 Å². The van der Waals surface area contributed by atoms with Gasteiger partial charge in [-0.1, -0.05) is 6.92 Å². The van der Waals surface area contributed by atoms with Crippen molar-refractivity contribution >= 4 is 11.0 Å². The SMILES string of the molecule is CCc1ncnc2c1c(CN)cn2C. The molecule has 0 aromatic carbocycles. The van der Waals surface area contributed by atoms with E-state index in [1.165, 1.54) is 0 Å². The van der Waals surface area contributed by atoms with Crippen molar-refractivity contribution in [3.05, 3.63) is 23.8 Å². The largest absolute Gasteiger partial charge is 0.335 e. The maximum atomic E-state index is 5.68. The summed E-state index contributed by atoms with van der Waals surface area (Å²) < 4.78 is 2.00. The summed E-state index contributed by atoms with van der Waals surface area (Å²) in [5.41, 5.74) is 8.86. The van der Waals surface area contributed by atoms with Gasteiger partial charge >= 0.3 is 0 Å². The molecule has 2 rings (SSSR count). The molecule has 0 atom stereocenters. The van der Waals surface area contributed by atoms with Gasteiger partial charge in [-0.2, -0.15) is 0 Å². The molecule has 4 nitrogen and oxygen atoms in total. The molecule has 0 fully saturated rings. The highest BCUT2D eigenvalue weighted by atomic mass is 15.0. The van der Waals surface area contributed by atoms with Gasteiger partial charge < -0.3 is 10.3 Å². The van der Waals surface area contributed by atoms with Gasteiger partial charge in [0.25, 0.3) is 0 Å². The lowest BCUT2D eigenvalue weighted by Gasteiger charge is -2.00. The van der Waals surface area contributed by atoms with Crippen LogP contribution in [0.15, 0.2) is 12.5 Å². The third-order valence-electron chi connectivity index (χ3n) is 2.47. The minimum Gasteiger partial charge on any atom is -0.335 e. The van der Waals surface area contributed by atoms with Crippen molar-refractivity contribution in [2.45, 2.75) is 19.9 Å². The Hall–Kier alpha value is -1.42. The summed E-state index contributed by atoms with van der Waals surface area (Å²) in [6.07, 6.45) is 4.55. The van der Waals surface area contributed by atoms with Gasteiger partial charge in [0, 0.05) is 25.2 Å². The van der Waals surface area contributed by atoms with Crippen LogP contribution < -0.4 is 5.73 Å². The summed E-state index contributed by atoms with van der Waals surface area (Å²) in [5.74, 6) is 0. The van der Waals surface area contributed by atoms with Crippen molar-refractivity contribution in [1.29, 1.82) is 0 Å². The molecule has 0 aliphatic rings. The minimum atomic E-state index is 0.539. The fraction of sp³-hybridized carbons (Fsp3) is 0.400. The number of rotatable bonds is 2. The van der Waals surface area contributed by atoms with Crippen LogP contribution in [0.3, 0.4) is 0 Å². The van der Waals surface area contributed by atoms with E-state index in [0.717, 1.165) is 28.7 Å². The molecule has 14 heavy (non-hydrogen) atoms. The second kappa shape index (κ2) is 3.38. The van der Waals surface area contributed by atoms with E-state index in [-0.39, 0.29) is 0 Å². The van der Waals surface area contributed by atoms with E-state index in [9.17, 15) is 0 Å². The number of hydrogen-bond donors (Lipinski definition) is 1. The molecule has 4 heteroatoms. The van der Waals surface area contributed by atoms with Crippen LogP contribution in [0.4, 0.5) is 0 Å². The average Bonchev–Trinajstić information content (AvgIpc) is 2.56. The van der Waals surface area contributed by atoms with Crippen LogP contribution in [0, 0.1) is 0 Å². The molecule has 0 amide bonds. The monoisotopic (exact) mass is 190 g/mol. The van der Waals surface area contributed by atoms with Crippen molar-refractivity contribution in [2.75, 3.05) is 0 Å². The first-order valence-corrected chi connectivity index (χ1v) is 4.75. The molecule has 74 valence electrons. The summed E-state index contributed by atoms with van der Waals surface area (Å²) in [5, 5.41) is 1.12. The number of nitrogens with two attached hydrogens (primary N) is 1. The van der Waals surface area contributed by atoms with Crippen LogP contribution in [0.2, 0.25) is 0 Å². The number of hydrogen-bond acceptors (Lipinski definition) is 3. The number of nitrogens with zero attached hydrogens (tertiary/aromatic N) is 3. The zero-order valence-electron chi connectivity index (χ0n) is 8.49. The fourth-order valence-electron chi connectivity index (χ4n) is 1.79. The first-order chi connectivity index (χ1) is 6.77. The van der Waals surface area contributed by atoms with Gasteiger partial charge in [0.1, 0.15) is 12.0 Å². The summed E-state index contributed by atoms with van der Waals surface area (Å²) in [7, 11) is 1.98. The molecular weight excluding hydrogens is 176 g/mol. The molecule has 0 saturated heterocycles. The maximum absolute atomic E-state index is 5.68. The minimum absolute atomic E-state index is 0.539. The van der Waals surface area contributed by atoms with Crippen LogP contribution in [0.1, 0.15) is 18.2 Å². The van der Waals surface area contributed by atoms with Gasteiger partial charge in [0.15, 0.2) is 0 Å². The van der Waals surface area contributed by atoms with Gasteiger partial charge in [-0.25, -0.2) is 9.97 Å². The molecule has 2 heterocycles. The van der Waals surface area contributed by atoms with E-state index in [1.54, 1.807) is 6.33 Å². The van der Waals surface area contributed by atoms with E-state index in [1.807, 2.05) is 17.8 Å². The van der Waals surface area contributed by atoms with E-state index >= 15 is 0 Å². The standard InChI is InChI=1S/C10H14N4/c1-3-8-9-7(4-11)5-14(2)10(9)13-6-12-8/h5-6H,3-4,11H2,1-2H3. The van der Waals surface area contributed by atoms with Crippen LogP contribution in [0.25, 0.3) is 11.0 Å². The fourth-order valence-corrected chi connectivity index (χ4v) is 1.79. The summed E-state index contributed by atoms with van der Waals surface area (Å²) in [4.78, 5) is 8.52. The highest BCUT2D eigenvalue weighted by molar-refractivity contribution is 5.82. The number of aromatic nitrogens is 3. The van der Waals surface area contributed by atoms with Crippen molar-refractivity contribution in [1.82, 2.24) is 14.5 Å². The first-order valence-electron chi connectivity index (χ1n) is 4.75. The number of fused-ring (bicyclic) bond motifs is 1. The molecule has 0 radical (unpaired) electrons. The molecular formula is C10H14N4. The third-order valence-corrected chi connectivity index (χ3v) is 2.47. The third kappa shape index (κ3) is 1.19. The second-order valence-corrected chi connectivity index (χ2v) is 3.34. The lowest BCUT2D eigenvalue weighted by atomic mass is 10.1. The molecule has 0 saturated carbocycles. The zero-order valence-corrected chi connectivity index (χ0v) is 8.49. The molecule has 2 N–H and O–H groups in total. The molecule has 0 bridgehead atoms. The zero-order chi connectivity index (χ0) is 10.1. The highest BCUT2D eigenvalue weighted by Crippen LogP contribution is 2.21. The molecule has 0 spiro atoms. The van der Waals surface area contributed by atoms with Gasteiger partial charge in [0.2, 0.25) is 0 Å². The van der Waals surface area contributed by atoms with Gasteiger partial charge in [-0.15, -0.1) is 0 Å². The lowest BCUT2D eigenvalue weighted by Crippen LogP contribution is -1.97. The smallest absolute Gasteiger partial charge is 0.143 e. The highest BCUT2D eigenvalue weighted by Gasteiger charge is 2.10. The Kier molecular flexibility index (Phi) is 2.21. The van der Waals surface area contributed by atoms with Crippen molar-refractivity contribution in [2.24, 2.45) is 12.8 Å². The Morgan fingerprint density at radius 1 is 1.43 bits per heavy atom. The molecule has 0 aliphatic heterocycles. The normalized spacial score (nSPS) is 11.1. The summed E-state index contributed by atoms with van der Waals surface area (Å²) >= 11 is 0. The number of aryl methyl sites for hydroxylation is 2. The summed E-state index contributed by atoms with van der Waals surface area (Å²) in [6, 6.07) is 0. The Morgan fingerprint density at radius 3 is 2.86 bits per heavy atom. The maximum Gasteiger partial charge on any atom is 0.143 e. The van der Waals surface area contributed by atoms with E-state index < -0.39 is 0 Å². The second-order valence-electron chi connectivity index (χ2n) is 3.34. The topological polar surface area (TPSA) is 56.7 Å². The molecule has 2 aromatic rings. The van der Waals surface area contributed by atoms with Gasteiger partial charge in [0.05, 0.1) is 5.69 Å². The van der Waals surface area contributed by atoms with Gasteiger partial charge in [-0.05, 0) is 12.0 Å². The predicted molar refractivity (Wildman–Crippen MR) is 55.8 cm³/mol. The van der Waals surface area contributed by atoms with Crippen LogP contribution >= 0.6 is 0 Å². The van der Waals surface area contributed by atoms with Crippen LogP contribution in [-0.2, 0) is 20.0 Å². The Morgan fingerprint density at radius 2 is 2.21 bits per heavy atom. The quantitative estimate of drug-likeness (QED) is 0.768.